The minimum atomic E-state index is -0.236. The van der Waals surface area contributed by atoms with E-state index in [1.807, 2.05) is 29.2 Å². The Morgan fingerprint density at radius 2 is 2.00 bits per heavy atom. The summed E-state index contributed by atoms with van der Waals surface area (Å²) >= 11 is 5.00. The van der Waals surface area contributed by atoms with Gasteiger partial charge in [0.05, 0.1) is 23.4 Å². The van der Waals surface area contributed by atoms with Crippen molar-refractivity contribution in [1.82, 2.24) is 9.88 Å². The van der Waals surface area contributed by atoms with Crippen LogP contribution in [0.3, 0.4) is 0 Å². The Hall–Kier alpha value is -1.34. The fourth-order valence-electron chi connectivity index (χ4n) is 2.44. The Kier molecular flexibility index (Phi) is 5.38. The van der Waals surface area contributed by atoms with E-state index in [9.17, 15) is 9.50 Å². The number of para-hydroxylation sites is 1. The lowest BCUT2D eigenvalue weighted by Crippen LogP contribution is -2.26. The predicted octanol–water partition coefficient (Wildman–Crippen LogP) is 4.19. The number of fused-ring (bicyclic) bond motifs is 1. The van der Waals surface area contributed by atoms with Crippen LogP contribution >= 0.6 is 27.3 Å². The van der Waals surface area contributed by atoms with E-state index in [1.54, 1.807) is 23.5 Å². The molecule has 120 valence electrons. The molecule has 1 aromatic heterocycles. The maximum absolute atomic E-state index is 14.0. The molecule has 0 fully saturated rings. The summed E-state index contributed by atoms with van der Waals surface area (Å²) in [7, 11) is 0. The third kappa shape index (κ3) is 4.14. The van der Waals surface area contributed by atoms with E-state index in [4.69, 9.17) is 0 Å². The average Bonchev–Trinajstić information content (AvgIpc) is 2.93. The van der Waals surface area contributed by atoms with Crippen molar-refractivity contribution in [3.05, 3.63) is 63.3 Å². The SMILES string of the molecule is OCCN(Cc1nc2ccccc2s1)Cc1cc(Br)ccc1F. The third-order valence-corrected chi connectivity index (χ3v) is 5.03. The predicted molar refractivity (Wildman–Crippen MR) is 94.9 cm³/mol. The van der Waals surface area contributed by atoms with E-state index >= 15 is 0 Å². The Morgan fingerprint density at radius 3 is 2.78 bits per heavy atom. The van der Waals surface area contributed by atoms with Crippen LogP contribution in [0.5, 0.6) is 0 Å². The van der Waals surface area contributed by atoms with E-state index in [0.29, 0.717) is 25.2 Å². The van der Waals surface area contributed by atoms with Gasteiger partial charge in [0.15, 0.2) is 0 Å². The number of hydrogen-bond donors (Lipinski definition) is 1. The molecule has 1 heterocycles. The zero-order valence-electron chi connectivity index (χ0n) is 12.4. The molecule has 0 aliphatic rings. The fraction of sp³-hybridized carbons (Fsp3) is 0.235. The van der Waals surface area contributed by atoms with Crippen LogP contribution in [0.4, 0.5) is 4.39 Å². The summed E-state index contributed by atoms with van der Waals surface area (Å²) in [5.74, 6) is -0.236. The highest BCUT2D eigenvalue weighted by atomic mass is 79.9. The summed E-state index contributed by atoms with van der Waals surface area (Å²) in [6, 6.07) is 12.9. The van der Waals surface area contributed by atoms with Crippen molar-refractivity contribution in [2.24, 2.45) is 0 Å². The Labute approximate surface area is 146 Å². The molecule has 0 atom stereocenters. The first-order valence-electron chi connectivity index (χ1n) is 7.27. The molecule has 3 nitrogen and oxygen atoms in total. The molecule has 6 heteroatoms. The first-order valence-corrected chi connectivity index (χ1v) is 8.88. The molecule has 0 saturated carbocycles. The topological polar surface area (TPSA) is 36.4 Å². The molecule has 0 amide bonds. The van der Waals surface area contributed by atoms with Gasteiger partial charge in [-0.2, -0.15) is 0 Å². The van der Waals surface area contributed by atoms with E-state index in [1.165, 1.54) is 6.07 Å². The second kappa shape index (κ2) is 7.49. The van der Waals surface area contributed by atoms with Gasteiger partial charge in [-0.1, -0.05) is 28.1 Å². The molecule has 2 aromatic carbocycles. The van der Waals surface area contributed by atoms with E-state index in [0.717, 1.165) is 19.7 Å². The van der Waals surface area contributed by atoms with Crippen LogP contribution in [0.2, 0.25) is 0 Å². The quantitative estimate of drug-likeness (QED) is 0.680. The highest BCUT2D eigenvalue weighted by molar-refractivity contribution is 9.10. The number of benzene rings is 2. The molecular formula is C17H16BrFN2OS. The highest BCUT2D eigenvalue weighted by Crippen LogP contribution is 2.24. The number of aromatic nitrogens is 1. The van der Waals surface area contributed by atoms with Crippen LogP contribution in [-0.4, -0.2) is 28.1 Å². The van der Waals surface area contributed by atoms with Crippen LogP contribution in [0.15, 0.2) is 46.9 Å². The lowest BCUT2D eigenvalue weighted by atomic mass is 10.2. The van der Waals surface area contributed by atoms with Crippen molar-refractivity contribution in [2.75, 3.05) is 13.2 Å². The van der Waals surface area contributed by atoms with Gasteiger partial charge in [0.2, 0.25) is 0 Å². The Morgan fingerprint density at radius 1 is 1.17 bits per heavy atom. The third-order valence-electron chi connectivity index (χ3n) is 3.51. The summed E-state index contributed by atoms with van der Waals surface area (Å²) in [6.45, 7) is 1.52. The Balaban J connectivity index is 1.79. The largest absolute Gasteiger partial charge is 0.395 e. The Bertz CT molecular complexity index is 775. The molecule has 0 aliphatic carbocycles. The van der Waals surface area contributed by atoms with Gasteiger partial charge >= 0.3 is 0 Å². The van der Waals surface area contributed by atoms with Crippen LogP contribution in [0.1, 0.15) is 10.6 Å². The first kappa shape index (κ1) is 16.5. The van der Waals surface area contributed by atoms with Gasteiger partial charge in [-0.15, -0.1) is 11.3 Å². The van der Waals surface area contributed by atoms with Gasteiger partial charge < -0.3 is 5.11 Å². The number of hydrogen-bond acceptors (Lipinski definition) is 4. The standard InChI is InChI=1S/C17H16BrFN2OS/c18-13-5-6-14(19)12(9-13)10-21(7-8-22)11-17-20-15-3-1-2-4-16(15)23-17/h1-6,9,22H,7-8,10-11H2. The smallest absolute Gasteiger partial charge is 0.127 e. The summed E-state index contributed by atoms with van der Waals surface area (Å²) in [5.41, 5.74) is 1.58. The second-order valence-corrected chi connectivity index (χ2v) is 7.28. The monoisotopic (exact) mass is 394 g/mol. The van der Waals surface area contributed by atoms with Crippen molar-refractivity contribution >= 4 is 37.5 Å². The second-order valence-electron chi connectivity index (χ2n) is 5.25. The lowest BCUT2D eigenvalue weighted by molar-refractivity contribution is 0.182. The molecule has 0 aliphatic heterocycles. The number of thiazole rings is 1. The van der Waals surface area contributed by atoms with Crippen LogP contribution in [-0.2, 0) is 13.1 Å². The molecule has 0 radical (unpaired) electrons. The summed E-state index contributed by atoms with van der Waals surface area (Å²) < 4.78 is 15.9. The number of nitrogens with zero attached hydrogens (tertiary/aromatic N) is 2. The molecule has 0 bridgehead atoms. The van der Waals surface area contributed by atoms with Gasteiger partial charge in [0.1, 0.15) is 10.8 Å². The number of rotatable bonds is 6. The summed E-state index contributed by atoms with van der Waals surface area (Å²) in [6.07, 6.45) is 0. The zero-order valence-corrected chi connectivity index (χ0v) is 14.8. The van der Waals surface area contributed by atoms with E-state index in [-0.39, 0.29) is 12.4 Å². The van der Waals surface area contributed by atoms with Crippen LogP contribution in [0, 0.1) is 5.82 Å². The molecule has 3 aromatic rings. The van der Waals surface area contributed by atoms with Gasteiger partial charge in [-0.05, 0) is 30.3 Å². The molecule has 23 heavy (non-hydrogen) atoms. The molecule has 0 saturated heterocycles. The molecule has 0 unspecified atom stereocenters. The van der Waals surface area contributed by atoms with Crippen LogP contribution < -0.4 is 0 Å². The highest BCUT2D eigenvalue weighted by Gasteiger charge is 2.13. The zero-order chi connectivity index (χ0) is 16.2. The minimum absolute atomic E-state index is 0.0283. The van der Waals surface area contributed by atoms with Crippen molar-refractivity contribution in [2.45, 2.75) is 13.1 Å². The molecule has 3 rings (SSSR count). The van der Waals surface area contributed by atoms with E-state index in [2.05, 4.69) is 20.9 Å². The number of aliphatic hydroxyl groups is 1. The van der Waals surface area contributed by atoms with Crippen molar-refractivity contribution in [3.8, 4) is 0 Å². The lowest BCUT2D eigenvalue weighted by Gasteiger charge is -2.20. The first-order chi connectivity index (χ1) is 11.2. The van der Waals surface area contributed by atoms with Crippen molar-refractivity contribution in [1.29, 1.82) is 0 Å². The fourth-order valence-corrected chi connectivity index (χ4v) is 3.86. The molecule has 1 N–H and O–H groups in total. The summed E-state index contributed by atoms with van der Waals surface area (Å²) in [5, 5.41) is 10.3. The minimum Gasteiger partial charge on any atom is -0.395 e. The molecular weight excluding hydrogens is 379 g/mol. The van der Waals surface area contributed by atoms with Gasteiger partial charge in [0.25, 0.3) is 0 Å². The van der Waals surface area contributed by atoms with Gasteiger partial charge in [-0.25, -0.2) is 9.37 Å². The number of halogens is 2. The van der Waals surface area contributed by atoms with Gasteiger partial charge in [0, 0.05) is 23.1 Å². The molecule has 0 spiro atoms. The van der Waals surface area contributed by atoms with Crippen molar-refractivity contribution in [3.63, 3.8) is 0 Å². The maximum atomic E-state index is 14.0. The number of aliphatic hydroxyl groups excluding tert-OH is 1. The van der Waals surface area contributed by atoms with Crippen LogP contribution in [0.25, 0.3) is 10.2 Å². The maximum Gasteiger partial charge on any atom is 0.127 e. The van der Waals surface area contributed by atoms with Gasteiger partial charge in [-0.3, -0.25) is 4.90 Å². The summed E-state index contributed by atoms with van der Waals surface area (Å²) in [4.78, 5) is 6.61. The van der Waals surface area contributed by atoms with E-state index < -0.39 is 0 Å². The average molecular weight is 395 g/mol. The normalized spacial score (nSPS) is 11.5. The van der Waals surface area contributed by atoms with Crippen molar-refractivity contribution < 1.29 is 9.50 Å².